The molecule has 0 aromatic rings. The minimum absolute atomic E-state index is 0.244. The van der Waals surface area contributed by atoms with Crippen molar-refractivity contribution in [2.45, 2.75) is 62.2 Å². The molecular weight excluding hydrogens is 360 g/mol. The standard InChI is InChI=1S/C16H26N4O5S/c1-4-5-6-7-17-15(25)18-8-9(21)19-10-12(22)20-11(14(23)24)16(2,3)26-13(10)20/h10-11,13H,4-8H2,1-3H3,(H,19,21)(H,23,24)(H2,17,18,25)/t10-,11+,13-/m1/s1. The third-order valence-electron chi connectivity index (χ3n) is 4.47. The van der Waals surface area contributed by atoms with E-state index in [0.717, 1.165) is 19.3 Å². The van der Waals surface area contributed by atoms with Crippen molar-refractivity contribution in [3.05, 3.63) is 0 Å². The maximum absolute atomic E-state index is 12.3. The molecule has 9 nitrogen and oxygen atoms in total. The van der Waals surface area contributed by atoms with Crippen LogP contribution in [0.5, 0.6) is 0 Å². The summed E-state index contributed by atoms with van der Waals surface area (Å²) in [6.07, 6.45) is 2.95. The molecule has 146 valence electrons. The van der Waals surface area contributed by atoms with Gasteiger partial charge in [0.2, 0.25) is 11.8 Å². The van der Waals surface area contributed by atoms with Gasteiger partial charge in [0.15, 0.2) is 0 Å². The summed E-state index contributed by atoms with van der Waals surface area (Å²) in [6.45, 7) is 5.90. The molecule has 0 spiro atoms. The van der Waals surface area contributed by atoms with Gasteiger partial charge >= 0.3 is 12.0 Å². The monoisotopic (exact) mass is 386 g/mol. The van der Waals surface area contributed by atoms with Crippen molar-refractivity contribution in [3.8, 4) is 0 Å². The van der Waals surface area contributed by atoms with E-state index in [4.69, 9.17) is 0 Å². The van der Waals surface area contributed by atoms with Crippen LogP contribution in [0.2, 0.25) is 0 Å². The summed E-state index contributed by atoms with van der Waals surface area (Å²) in [7, 11) is 0. The number of thioether (sulfide) groups is 1. The van der Waals surface area contributed by atoms with E-state index < -0.39 is 46.0 Å². The lowest BCUT2D eigenvalue weighted by molar-refractivity contribution is -0.161. The molecule has 2 saturated heterocycles. The van der Waals surface area contributed by atoms with E-state index in [1.54, 1.807) is 13.8 Å². The predicted molar refractivity (Wildman–Crippen MR) is 96.6 cm³/mol. The summed E-state index contributed by atoms with van der Waals surface area (Å²) >= 11 is 1.36. The lowest BCUT2D eigenvalue weighted by Crippen LogP contribution is -2.71. The average Bonchev–Trinajstić information content (AvgIpc) is 2.83. The van der Waals surface area contributed by atoms with Crippen molar-refractivity contribution in [2.24, 2.45) is 0 Å². The molecule has 2 aliphatic heterocycles. The normalized spacial score (nSPS) is 25.9. The topological polar surface area (TPSA) is 128 Å². The van der Waals surface area contributed by atoms with Crippen LogP contribution in [0.3, 0.4) is 0 Å². The van der Waals surface area contributed by atoms with Crippen molar-refractivity contribution >= 4 is 35.6 Å². The van der Waals surface area contributed by atoms with Crippen LogP contribution in [0, 0.1) is 0 Å². The lowest BCUT2D eigenvalue weighted by Gasteiger charge is -2.43. The zero-order valence-corrected chi connectivity index (χ0v) is 16.0. The summed E-state index contributed by atoms with van der Waals surface area (Å²) in [4.78, 5) is 48.6. The fraction of sp³-hybridized carbons (Fsp3) is 0.750. The van der Waals surface area contributed by atoms with Gasteiger partial charge in [-0.3, -0.25) is 9.59 Å². The van der Waals surface area contributed by atoms with E-state index in [-0.39, 0.29) is 6.54 Å². The molecule has 3 atom stereocenters. The van der Waals surface area contributed by atoms with E-state index in [2.05, 4.69) is 22.9 Å². The van der Waals surface area contributed by atoms with E-state index in [1.165, 1.54) is 16.7 Å². The fourth-order valence-corrected chi connectivity index (χ4v) is 4.80. The van der Waals surface area contributed by atoms with Crippen LogP contribution in [-0.4, -0.2) is 69.1 Å². The van der Waals surface area contributed by atoms with E-state index in [1.807, 2.05) is 0 Å². The number of fused-ring (bicyclic) bond motifs is 1. The molecule has 0 aliphatic carbocycles. The average molecular weight is 386 g/mol. The molecule has 2 heterocycles. The molecule has 0 aromatic heterocycles. The van der Waals surface area contributed by atoms with Crippen LogP contribution in [0.25, 0.3) is 0 Å². The van der Waals surface area contributed by atoms with Crippen LogP contribution in [-0.2, 0) is 14.4 Å². The number of carbonyl (C=O) groups excluding carboxylic acids is 3. The SMILES string of the molecule is CCCCCNC(=O)NCC(=O)N[C@@H]1C(=O)N2[C@@H]1SC(C)(C)[C@@H]2C(=O)O. The molecule has 10 heteroatoms. The van der Waals surface area contributed by atoms with Crippen molar-refractivity contribution in [2.75, 3.05) is 13.1 Å². The number of nitrogens with zero attached hydrogens (tertiary/aromatic N) is 1. The van der Waals surface area contributed by atoms with E-state index in [9.17, 15) is 24.3 Å². The van der Waals surface area contributed by atoms with Gasteiger partial charge in [-0.1, -0.05) is 19.8 Å². The van der Waals surface area contributed by atoms with Gasteiger partial charge in [-0.25, -0.2) is 9.59 Å². The second-order valence-corrected chi connectivity index (χ2v) is 8.73. The van der Waals surface area contributed by atoms with Gasteiger partial charge in [0.25, 0.3) is 0 Å². The fourth-order valence-electron chi connectivity index (χ4n) is 3.17. The zero-order chi connectivity index (χ0) is 19.5. The van der Waals surface area contributed by atoms with Gasteiger partial charge in [0.1, 0.15) is 17.5 Å². The van der Waals surface area contributed by atoms with Crippen molar-refractivity contribution in [3.63, 3.8) is 0 Å². The van der Waals surface area contributed by atoms with Gasteiger partial charge in [-0.2, -0.15) is 0 Å². The third-order valence-corrected chi connectivity index (χ3v) is 6.04. The number of rotatable bonds is 8. The molecular formula is C16H26N4O5S. The molecule has 4 amide bonds. The first-order valence-electron chi connectivity index (χ1n) is 8.73. The Morgan fingerprint density at radius 1 is 1.23 bits per heavy atom. The highest BCUT2D eigenvalue weighted by Crippen LogP contribution is 2.50. The maximum Gasteiger partial charge on any atom is 0.327 e. The molecule has 0 unspecified atom stereocenters. The zero-order valence-electron chi connectivity index (χ0n) is 15.2. The molecule has 0 bridgehead atoms. The number of hydrogen-bond acceptors (Lipinski definition) is 5. The number of β-lactam (4-membered cyclic amide) rings is 1. The molecule has 0 aromatic carbocycles. The predicted octanol–water partition coefficient (Wildman–Crippen LogP) is 0.108. The second kappa shape index (κ2) is 8.15. The van der Waals surface area contributed by atoms with Gasteiger partial charge < -0.3 is 26.0 Å². The maximum atomic E-state index is 12.3. The molecule has 0 saturated carbocycles. The Morgan fingerprint density at radius 2 is 1.92 bits per heavy atom. The molecule has 0 radical (unpaired) electrons. The van der Waals surface area contributed by atoms with Crippen molar-refractivity contribution in [1.29, 1.82) is 0 Å². The van der Waals surface area contributed by atoms with Crippen molar-refractivity contribution < 1.29 is 24.3 Å². The minimum atomic E-state index is -1.05. The summed E-state index contributed by atoms with van der Waals surface area (Å²) in [5.41, 5.74) is 0. The van der Waals surface area contributed by atoms with Gasteiger partial charge in [-0.15, -0.1) is 11.8 Å². The molecule has 26 heavy (non-hydrogen) atoms. The molecule has 2 fully saturated rings. The number of urea groups is 1. The highest BCUT2D eigenvalue weighted by molar-refractivity contribution is 8.01. The van der Waals surface area contributed by atoms with Gasteiger partial charge in [-0.05, 0) is 20.3 Å². The van der Waals surface area contributed by atoms with Gasteiger partial charge in [0, 0.05) is 11.3 Å². The number of nitrogens with one attached hydrogen (secondary N) is 3. The number of carbonyl (C=O) groups is 4. The number of amides is 4. The first-order chi connectivity index (χ1) is 12.2. The number of hydrogen-bond donors (Lipinski definition) is 4. The second-order valence-electron chi connectivity index (χ2n) is 6.96. The summed E-state index contributed by atoms with van der Waals surface area (Å²) in [5.74, 6) is -1.94. The van der Waals surface area contributed by atoms with Gasteiger partial charge in [0.05, 0.1) is 6.54 Å². The summed E-state index contributed by atoms with van der Waals surface area (Å²) in [5, 5.41) is 16.6. The van der Waals surface area contributed by atoms with E-state index in [0.29, 0.717) is 6.54 Å². The summed E-state index contributed by atoms with van der Waals surface area (Å²) < 4.78 is -0.637. The van der Waals surface area contributed by atoms with Crippen LogP contribution < -0.4 is 16.0 Å². The minimum Gasteiger partial charge on any atom is -0.480 e. The Labute approximate surface area is 156 Å². The molecule has 4 N–H and O–H groups in total. The Bertz CT molecular complexity index is 597. The highest BCUT2D eigenvalue weighted by Gasteiger charge is 2.64. The molecule has 2 aliphatic rings. The lowest BCUT2D eigenvalue weighted by atomic mass is 9.96. The van der Waals surface area contributed by atoms with E-state index >= 15 is 0 Å². The number of carboxylic acid groups (broad SMARTS) is 1. The largest absolute Gasteiger partial charge is 0.480 e. The number of carboxylic acids is 1. The van der Waals surface area contributed by atoms with Crippen LogP contribution >= 0.6 is 11.8 Å². The van der Waals surface area contributed by atoms with Crippen LogP contribution in [0.15, 0.2) is 0 Å². The summed E-state index contributed by atoms with van der Waals surface area (Å²) in [6, 6.07) is -2.10. The quantitative estimate of drug-likeness (QED) is 0.346. The van der Waals surface area contributed by atoms with Crippen LogP contribution in [0.4, 0.5) is 4.79 Å². The Kier molecular flexibility index (Phi) is 6.38. The van der Waals surface area contributed by atoms with Crippen molar-refractivity contribution in [1.82, 2.24) is 20.9 Å². The van der Waals surface area contributed by atoms with Crippen LogP contribution in [0.1, 0.15) is 40.0 Å². The Morgan fingerprint density at radius 3 is 2.54 bits per heavy atom. The Balaban J connectivity index is 1.78. The number of unbranched alkanes of at least 4 members (excludes halogenated alkanes) is 2. The smallest absolute Gasteiger partial charge is 0.327 e. The molecule has 2 rings (SSSR count). The Hall–Kier alpha value is -1.97. The highest BCUT2D eigenvalue weighted by atomic mass is 32.2. The third kappa shape index (κ3) is 4.22. The first kappa shape index (κ1) is 20.3. The first-order valence-corrected chi connectivity index (χ1v) is 9.61. The number of aliphatic carboxylic acids is 1.